The Bertz CT molecular complexity index is 475. The van der Waals surface area contributed by atoms with Gasteiger partial charge in [0, 0.05) is 33.2 Å². The summed E-state index contributed by atoms with van der Waals surface area (Å²) in [4.78, 5) is 13.2. The van der Waals surface area contributed by atoms with Crippen molar-refractivity contribution in [2.75, 3.05) is 19.6 Å². The molecular weight excluding hydrogens is 268 g/mol. The number of hydrogen-bond acceptors (Lipinski definition) is 4. The Hall–Kier alpha value is -1.11. The summed E-state index contributed by atoms with van der Waals surface area (Å²) >= 11 is 6.30. The SMILES string of the molecule is CCc1nn(C)c(CN2CCNCC2C(=O)O)c1Cl. The van der Waals surface area contributed by atoms with Gasteiger partial charge in [-0.1, -0.05) is 18.5 Å². The van der Waals surface area contributed by atoms with E-state index in [1.807, 2.05) is 18.9 Å². The summed E-state index contributed by atoms with van der Waals surface area (Å²) in [6, 6.07) is -0.509. The largest absolute Gasteiger partial charge is 0.480 e. The molecule has 1 atom stereocenters. The van der Waals surface area contributed by atoms with Gasteiger partial charge in [0.05, 0.1) is 16.4 Å². The van der Waals surface area contributed by atoms with Gasteiger partial charge in [-0.2, -0.15) is 5.10 Å². The van der Waals surface area contributed by atoms with E-state index in [0.29, 0.717) is 24.7 Å². The lowest BCUT2D eigenvalue weighted by Crippen LogP contribution is -2.54. The average molecular weight is 287 g/mol. The molecule has 0 bridgehead atoms. The van der Waals surface area contributed by atoms with Gasteiger partial charge in [-0.05, 0) is 6.42 Å². The third kappa shape index (κ3) is 2.91. The van der Waals surface area contributed by atoms with Crippen LogP contribution in [0.3, 0.4) is 0 Å². The highest BCUT2D eigenvalue weighted by Gasteiger charge is 2.29. The van der Waals surface area contributed by atoms with E-state index in [9.17, 15) is 9.90 Å². The van der Waals surface area contributed by atoms with Crippen LogP contribution in [-0.4, -0.2) is 51.4 Å². The maximum Gasteiger partial charge on any atom is 0.322 e. The third-order valence-corrected chi connectivity index (χ3v) is 3.93. The normalized spacial score (nSPS) is 20.7. The molecular formula is C12H19ClN4O2. The van der Waals surface area contributed by atoms with Crippen molar-refractivity contribution in [2.45, 2.75) is 25.9 Å². The van der Waals surface area contributed by atoms with E-state index < -0.39 is 12.0 Å². The summed E-state index contributed by atoms with van der Waals surface area (Å²) < 4.78 is 1.75. The molecule has 1 saturated heterocycles. The molecule has 1 fully saturated rings. The zero-order chi connectivity index (χ0) is 14.0. The van der Waals surface area contributed by atoms with Crippen molar-refractivity contribution in [2.24, 2.45) is 7.05 Å². The number of rotatable bonds is 4. The van der Waals surface area contributed by atoms with E-state index in [2.05, 4.69) is 10.4 Å². The van der Waals surface area contributed by atoms with Gasteiger partial charge >= 0.3 is 5.97 Å². The third-order valence-electron chi connectivity index (χ3n) is 3.50. The van der Waals surface area contributed by atoms with Crippen LogP contribution in [0.5, 0.6) is 0 Å². The number of aromatic nitrogens is 2. The van der Waals surface area contributed by atoms with Crippen LogP contribution in [0, 0.1) is 0 Å². The molecule has 2 N–H and O–H groups in total. The molecule has 1 aromatic rings. The van der Waals surface area contributed by atoms with Gasteiger partial charge in [-0.15, -0.1) is 0 Å². The van der Waals surface area contributed by atoms with Gasteiger partial charge in [0.15, 0.2) is 0 Å². The van der Waals surface area contributed by atoms with Crippen LogP contribution in [0.15, 0.2) is 0 Å². The molecule has 1 aliphatic heterocycles. The molecule has 0 spiro atoms. The zero-order valence-electron chi connectivity index (χ0n) is 11.2. The number of piperazine rings is 1. The molecule has 2 heterocycles. The minimum atomic E-state index is -0.804. The van der Waals surface area contributed by atoms with Crippen molar-refractivity contribution in [1.82, 2.24) is 20.0 Å². The standard InChI is InChI=1S/C12H19ClN4O2/c1-3-8-11(13)10(16(2)15-8)7-17-5-4-14-6-9(17)12(18)19/h9,14H,3-7H2,1-2H3,(H,18,19). The summed E-state index contributed by atoms with van der Waals surface area (Å²) in [5.74, 6) is -0.804. The van der Waals surface area contributed by atoms with Crippen LogP contribution in [0.2, 0.25) is 5.02 Å². The maximum absolute atomic E-state index is 11.2. The highest BCUT2D eigenvalue weighted by Crippen LogP contribution is 2.23. The lowest BCUT2D eigenvalue weighted by Gasteiger charge is -2.33. The summed E-state index contributed by atoms with van der Waals surface area (Å²) in [5, 5.41) is 17.4. The second kappa shape index (κ2) is 5.90. The lowest BCUT2D eigenvalue weighted by molar-refractivity contribution is -0.144. The first kappa shape index (κ1) is 14.3. The van der Waals surface area contributed by atoms with E-state index in [1.165, 1.54) is 0 Å². The number of halogens is 1. The molecule has 1 aliphatic rings. The number of aliphatic carboxylic acids is 1. The van der Waals surface area contributed by atoms with Crippen LogP contribution < -0.4 is 5.32 Å². The number of nitrogens with zero attached hydrogens (tertiary/aromatic N) is 3. The Morgan fingerprint density at radius 3 is 2.95 bits per heavy atom. The minimum absolute atomic E-state index is 0.464. The summed E-state index contributed by atoms with van der Waals surface area (Å²) in [7, 11) is 1.85. The monoisotopic (exact) mass is 286 g/mol. The number of aryl methyl sites for hydroxylation is 2. The minimum Gasteiger partial charge on any atom is -0.480 e. The molecule has 0 aromatic carbocycles. The van der Waals surface area contributed by atoms with Gasteiger partial charge < -0.3 is 10.4 Å². The van der Waals surface area contributed by atoms with Crippen molar-refractivity contribution in [3.63, 3.8) is 0 Å². The number of nitrogens with one attached hydrogen (secondary N) is 1. The fourth-order valence-corrected chi connectivity index (χ4v) is 2.72. The van der Waals surface area contributed by atoms with Gasteiger partial charge in [0.1, 0.15) is 6.04 Å². The van der Waals surface area contributed by atoms with Gasteiger partial charge in [-0.25, -0.2) is 0 Å². The van der Waals surface area contributed by atoms with Crippen molar-refractivity contribution < 1.29 is 9.90 Å². The molecule has 6 nitrogen and oxygen atoms in total. The average Bonchev–Trinajstić information content (AvgIpc) is 2.66. The number of carbonyl (C=O) groups is 1. The number of carboxylic acids is 1. The second-order valence-corrected chi connectivity index (χ2v) is 5.09. The number of carboxylic acid groups (broad SMARTS) is 1. The highest BCUT2D eigenvalue weighted by molar-refractivity contribution is 6.31. The fourth-order valence-electron chi connectivity index (χ4n) is 2.36. The Labute approximate surface area is 117 Å². The molecule has 7 heteroatoms. The van der Waals surface area contributed by atoms with Crippen LogP contribution in [0.4, 0.5) is 0 Å². The van der Waals surface area contributed by atoms with E-state index in [0.717, 1.165) is 24.4 Å². The first-order valence-electron chi connectivity index (χ1n) is 6.42. The van der Waals surface area contributed by atoms with Crippen molar-refractivity contribution in [1.29, 1.82) is 0 Å². The fraction of sp³-hybridized carbons (Fsp3) is 0.667. The highest BCUT2D eigenvalue weighted by atomic mass is 35.5. The van der Waals surface area contributed by atoms with E-state index >= 15 is 0 Å². The summed E-state index contributed by atoms with van der Waals surface area (Å²) in [5.41, 5.74) is 1.74. The topological polar surface area (TPSA) is 70.4 Å². The molecule has 0 saturated carbocycles. The van der Waals surface area contributed by atoms with E-state index in [4.69, 9.17) is 11.6 Å². The van der Waals surface area contributed by atoms with Crippen molar-refractivity contribution in [3.8, 4) is 0 Å². The maximum atomic E-state index is 11.2. The quantitative estimate of drug-likeness (QED) is 0.843. The first-order chi connectivity index (χ1) is 9.04. The second-order valence-electron chi connectivity index (χ2n) is 4.71. The Balaban J connectivity index is 2.19. The van der Waals surface area contributed by atoms with E-state index in [1.54, 1.807) is 4.68 Å². The molecule has 0 radical (unpaired) electrons. The lowest BCUT2D eigenvalue weighted by atomic mass is 10.1. The van der Waals surface area contributed by atoms with Crippen LogP contribution in [-0.2, 0) is 24.8 Å². The first-order valence-corrected chi connectivity index (χ1v) is 6.80. The molecule has 106 valence electrons. The van der Waals surface area contributed by atoms with E-state index in [-0.39, 0.29) is 0 Å². The van der Waals surface area contributed by atoms with Gasteiger partial charge in [-0.3, -0.25) is 14.4 Å². The Morgan fingerprint density at radius 1 is 1.63 bits per heavy atom. The number of hydrogen-bond donors (Lipinski definition) is 2. The van der Waals surface area contributed by atoms with Crippen molar-refractivity contribution >= 4 is 17.6 Å². The Morgan fingerprint density at radius 2 is 2.37 bits per heavy atom. The predicted molar refractivity (Wildman–Crippen MR) is 72.3 cm³/mol. The van der Waals surface area contributed by atoms with Crippen molar-refractivity contribution in [3.05, 3.63) is 16.4 Å². The predicted octanol–water partition coefficient (Wildman–Crippen LogP) is 0.494. The van der Waals surface area contributed by atoms with Crippen LogP contribution in [0.25, 0.3) is 0 Å². The molecule has 1 aromatic heterocycles. The van der Waals surface area contributed by atoms with Gasteiger partial charge in [0.25, 0.3) is 0 Å². The smallest absolute Gasteiger partial charge is 0.322 e. The summed E-state index contributed by atoms with van der Waals surface area (Å²) in [6.45, 7) is 4.47. The van der Waals surface area contributed by atoms with Crippen LogP contribution in [0.1, 0.15) is 18.3 Å². The van der Waals surface area contributed by atoms with Crippen LogP contribution >= 0.6 is 11.6 Å². The molecule has 1 unspecified atom stereocenters. The molecule has 19 heavy (non-hydrogen) atoms. The Kier molecular flexibility index (Phi) is 4.44. The molecule has 0 amide bonds. The molecule has 0 aliphatic carbocycles. The molecule has 2 rings (SSSR count). The van der Waals surface area contributed by atoms with Gasteiger partial charge in [0.2, 0.25) is 0 Å². The zero-order valence-corrected chi connectivity index (χ0v) is 11.9. The summed E-state index contributed by atoms with van der Waals surface area (Å²) in [6.07, 6.45) is 0.774.